The average molecular weight is 295 g/mol. The van der Waals surface area contributed by atoms with Gasteiger partial charge in [-0.2, -0.15) is 0 Å². The summed E-state index contributed by atoms with van der Waals surface area (Å²) in [6, 6.07) is 2.72. The minimum absolute atomic E-state index is 0.572. The van der Waals surface area contributed by atoms with Crippen molar-refractivity contribution in [2.45, 2.75) is 44.1 Å². The maximum Gasteiger partial charge on any atom is 0.139 e. The summed E-state index contributed by atoms with van der Waals surface area (Å²) in [4.78, 5) is 12.8. The second kappa shape index (κ2) is 4.81. The highest BCUT2D eigenvalue weighted by Gasteiger charge is 2.30. The van der Waals surface area contributed by atoms with Crippen molar-refractivity contribution in [3.63, 3.8) is 0 Å². The van der Waals surface area contributed by atoms with E-state index in [1.165, 1.54) is 48.8 Å². The van der Waals surface area contributed by atoms with Crippen molar-refractivity contribution in [2.75, 3.05) is 13.1 Å². The maximum absolute atomic E-state index is 5.01. The van der Waals surface area contributed by atoms with Crippen LogP contribution in [0.4, 0.5) is 0 Å². The smallest absolute Gasteiger partial charge is 0.139 e. The van der Waals surface area contributed by atoms with Crippen LogP contribution in [0.3, 0.4) is 0 Å². The first kappa shape index (κ1) is 12.6. The first-order valence-electron chi connectivity index (χ1n) is 8.46. The van der Waals surface area contributed by atoms with Crippen LogP contribution in [0.5, 0.6) is 0 Å². The van der Waals surface area contributed by atoms with Gasteiger partial charge in [-0.15, -0.1) is 0 Å². The Bertz CT molecular complexity index is 820. The molecule has 2 aliphatic rings. The van der Waals surface area contributed by atoms with Crippen LogP contribution in [0.15, 0.2) is 18.5 Å². The van der Waals surface area contributed by atoms with Gasteiger partial charge < -0.3 is 14.9 Å². The molecule has 1 saturated heterocycles. The summed E-state index contributed by atoms with van der Waals surface area (Å²) in [5, 5.41) is 4.70. The molecule has 3 aromatic heterocycles. The van der Waals surface area contributed by atoms with Gasteiger partial charge >= 0.3 is 0 Å². The third-order valence-electron chi connectivity index (χ3n) is 5.41. The quantitative estimate of drug-likeness (QED) is 0.763. The minimum Gasteiger partial charge on any atom is -0.346 e. The van der Waals surface area contributed by atoms with Gasteiger partial charge in [0.2, 0.25) is 0 Å². The Kier molecular flexibility index (Phi) is 2.77. The van der Waals surface area contributed by atoms with Crippen molar-refractivity contribution in [1.82, 2.24) is 24.8 Å². The fourth-order valence-corrected chi connectivity index (χ4v) is 4.00. The van der Waals surface area contributed by atoms with Crippen LogP contribution in [-0.2, 0) is 0 Å². The zero-order chi connectivity index (χ0) is 14.5. The second-order valence-corrected chi connectivity index (χ2v) is 6.68. The van der Waals surface area contributed by atoms with Crippen LogP contribution in [0.25, 0.3) is 22.1 Å². The lowest BCUT2D eigenvalue weighted by atomic mass is 9.84. The zero-order valence-corrected chi connectivity index (χ0v) is 12.7. The monoisotopic (exact) mass is 295 g/mol. The molecule has 114 valence electrons. The number of hydrogen-bond acceptors (Lipinski definition) is 3. The van der Waals surface area contributed by atoms with Crippen LogP contribution < -0.4 is 5.32 Å². The number of fused-ring (bicyclic) bond motifs is 3. The Morgan fingerprint density at radius 2 is 2.00 bits per heavy atom. The molecule has 0 spiro atoms. The molecule has 5 rings (SSSR count). The largest absolute Gasteiger partial charge is 0.346 e. The number of imidazole rings is 1. The number of nitrogens with zero attached hydrogens (tertiary/aromatic N) is 3. The number of piperidine rings is 1. The van der Waals surface area contributed by atoms with Crippen LogP contribution in [0.2, 0.25) is 0 Å². The Morgan fingerprint density at radius 3 is 2.77 bits per heavy atom. The van der Waals surface area contributed by atoms with E-state index in [0.717, 1.165) is 24.3 Å². The van der Waals surface area contributed by atoms with E-state index in [2.05, 4.69) is 25.9 Å². The SMILES string of the molecule is c1cc2c(ncc3nc(C4CCC4)n(C4CCNCC4)c32)[nH]1. The molecule has 0 unspecified atom stereocenters. The fraction of sp³-hybridized carbons (Fsp3) is 0.529. The molecule has 1 saturated carbocycles. The number of aromatic nitrogens is 4. The molecule has 0 radical (unpaired) electrons. The predicted octanol–water partition coefficient (Wildman–Crippen LogP) is 3.10. The van der Waals surface area contributed by atoms with Gasteiger partial charge in [-0.1, -0.05) is 6.42 Å². The standard InChI is InChI=1S/C17H21N5/c1-2-11(3-1)17-21-14-10-20-16-13(6-9-19-16)15(14)22(17)12-4-7-18-8-5-12/h6,9-12,18H,1-5,7-8H2,(H,19,20). The summed E-state index contributed by atoms with van der Waals surface area (Å²) < 4.78 is 2.57. The first-order chi connectivity index (χ1) is 10.9. The molecule has 1 aliphatic carbocycles. The topological polar surface area (TPSA) is 58.5 Å². The number of aromatic amines is 1. The van der Waals surface area contributed by atoms with Crippen molar-refractivity contribution in [3.05, 3.63) is 24.3 Å². The van der Waals surface area contributed by atoms with Gasteiger partial charge in [0.15, 0.2) is 0 Å². The molecular weight excluding hydrogens is 274 g/mol. The van der Waals surface area contributed by atoms with E-state index in [4.69, 9.17) is 4.98 Å². The lowest BCUT2D eigenvalue weighted by molar-refractivity contribution is 0.332. The predicted molar refractivity (Wildman–Crippen MR) is 87.1 cm³/mol. The first-order valence-corrected chi connectivity index (χ1v) is 8.46. The van der Waals surface area contributed by atoms with Crippen molar-refractivity contribution in [3.8, 4) is 0 Å². The molecule has 5 nitrogen and oxygen atoms in total. The second-order valence-electron chi connectivity index (χ2n) is 6.68. The summed E-state index contributed by atoms with van der Waals surface area (Å²) >= 11 is 0. The molecule has 22 heavy (non-hydrogen) atoms. The maximum atomic E-state index is 5.01. The molecule has 2 N–H and O–H groups in total. The summed E-state index contributed by atoms with van der Waals surface area (Å²) in [5.41, 5.74) is 3.33. The van der Waals surface area contributed by atoms with Crippen molar-refractivity contribution < 1.29 is 0 Å². The number of nitrogens with one attached hydrogen (secondary N) is 2. The Labute approximate surface area is 129 Å². The molecule has 4 heterocycles. The molecule has 0 aromatic carbocycles. The van der Waals surface area contributed by atoms with E-state index < -0.39 is 0 Å². The van der Waals surface area contributed by atoms with E-state index in [-0.39, 0.29) is 0 Å². The number of hydrogen-bond donors (Lipinski definition) is 2. The molecule has 0 bridgehead atoms. The van der Waals surface area contributed by atoms with Crippen molar-refractivity contribution in [2.24, 2.45) is 0 Å². The van der Waals surface area contributed by atoms with Crippen LogP contribution in [-0.4, -0.2) is 32.6 Å². The summed E-state index contributed by atoms with van der Waals surface area (Å²) in [6.45, 7) is 2.21. The molecule has 3 aromatic rings. The summed E-state index contributed by atoms with van der Waals surface area (Å²) in [6.07, 6.45) is 10.2. The molecular formula is C17H21N5. The molecule has 1 aliphatic heterocycles. The fourth-order valence-electron chi connectivity index (χ4n) is 4.00. The van der Waals surface area contributed by atoms with Gasteiger partial charge in [0.1, 0.15) is 17.0 Å². The van der Waals surface area contributed by atoms with Gasteiger partial charge in [-0.05, 0) is 44.8 Å². The lowest BCUT2D eigenvalue weighted by Gasteiger charge is -2.31. The summed E-state index contributed by atoms with van der Waals surface area (Å²) in [5.74, 6) is 1.96. The highest BCUT2D eigenvalue weighted by atomic mass is 15.1. The minimum atomic E-state index is 0.572. The Morgan fingerprint density at radius 1 is 1.14 bits per heavy atom. The number of H-pyrrole nitrogens is 1. The average Bonchev–Trinajstić information content (AvgIpc) is 3.09. The van der Waals surface area contributed by atoms with Crippen LogP contribution in [0, 0.1) is 0 Å². The van der Waals surface area contributed by atoms with Gasteiger partial charge in [0.25, 0.3) is 0 Å². The number of rotatable bonds is 2. The highest BCUT2D eigenvalue weighted by molar-refractivity contribution is 6.01. The molecule has 2 fully saturated rings. The third kappa shape index (κ3) is 1.75. The Hall–Kier alpha value is -1.88. The van der Waals surface area contributed by atoms with Gasteiger partial charge in [-0.25, -0.2) is 9.97 Å². The van der Waals surface area contributed by atoms with E-state index >= 15 is 0 Å². The normalized spacial score (nSPS) is 20.7. The van der Waals surface area contributed by atoms with Gasteiger partial charge in [-0.3, -0.25) is 0 Å². The molecule has 0 amide bonds. The zero-order valence-electron chi connectivity index (χ0n) is 12.7. The van der Waals surface area contributed by atoms with Crippen LogP contribution in [0.1, 0.15) is 49.9 Å². The Balaban J connectivity index is 1.78. The van der Waals surface area contributed by atoms with Gasteiger partial charge in [0, 0.05) is 23.5 Å². The van der Waals surface area contributed by atoms with E-state index in [1.807, 2.05) is 12.4 Å². The number of pyridine rings is 1. The van der Waals surface area contributed by atoms with Crippen molar-refractivity contribution >= 4 is 22.1 Å². The van der Waals surface area contributed by atoms with Gasteiger partial charge in [0.05, 0.1) is 11.7 Å². The van der Waals surface area contributed by atoms with E-state index in [1.54, 1.807) is 0 Å². The summed E-state index contributed by atoms with van der Waals surface area (Å²) in [7, 11) is 0. The highest BCUT2D eigenvalue weighted by Crippen LogP contribution is 2.40. The lowest BCUT2D eigenvalue weighted by Crippen LogP contribution is -2.31. The van der Waals surface area contributed by atoms with Crippen LogP contribution >= 0.6 is 0 Å². The van der Waals surface area contributed by atoms with E-state index in [0.29, 0.717) is 12.0 Å². The van der Waals surface area contributed by atoms with Crippen molar-refractivity contribution in [1.29, 1.82) is 0 Å². The third-order valence-corrected chi connectivity index (χ3v) is 5.41. The molecule has 0 atom stereocenters. The molecule has 5 heteroatoms. The van der Waals surface area contributed by atoms with E-state index in [9.17, 15) is 0 Å².